The molecule has 2 aromatic heterocycles. The fraction of sp³-hybridized carbons (Fsp3) is 0.421. The van der Waals surface area contributed by atoms with Gasteiger partial charge in [0.2, 0.25) is 5.91 Å². The number of carbonyl (C=O) groups excluding carboxylic acids is 1. The third kappa shape index (κ3) is 5.35. The molecule has 14 heteroatoms. The average Bonchev–Trinajstić information content (AvgIpc) is 3.04. The van der Waals surface area contributed by atoms with Crippen LogP contribution < -0.4 is 22.3 Å². The Bertz CT molecular complexity index is 1350. The van der Waals surface area contributed by atoms with Crippen molar-refractivity contribution in [3.63, 3.8) is 0 Å². The molecule has 176 valence electrons. The van der Waals surface area contributed by atoms with Gasteiger partial charge in [-0.05, 0) is 6.92 Å². The fourth-order valence-electron chi connectivity index (χ4n) is 3.10. The fourth-order valence-corrected chi connectivity index (χ4v) is 3.24. The maximum Gasteiger partial charge on any atom is 0.330 e. The van der Waals surface area contributed by atoms with Gasteiger partial charge in [0.25, 0.3) is 5.56 Å². The van der Waals surface area contributed by atoms with Crippen LogP contribution in [0.4, 0.5) is 0 Å². The molecule has 0 saturated carbocycles. The first kappa shape index (κ1) is 24.3. The molecule has 2 aromatic rings. The van der Waals surface area contributed by atoms with Gasteiger partial charge in [0.05, 0.1) is 13.2 Å². The van der Waals surface area contributed by atoms with E-state index < -0.39 is 54.0 Å². The van der Waals surface area contributed by atoms with Gasteiger partial charge in [0, 0.05) is 18.0 Å². The van der Waals surface area contributed by atoms with Crippen LogP contribution in [0.25, 0.3) is 0 Å². The van der Waals surface area contributed by atoms with Crippen molar-refractivity contribution in [3.8, 4) is 11.8 Å². The van der Waals surface area contributed by atoms with Crippen molar-refractivity contribution in [3.05, 3.63) is 59.5 Å². The normalized spacial score (nSPS) is 21.9. The average molecular weight is 479 g/mol. The summed E-state index contributed by atoms with van der Waals surface area (Å²) in [4.78, 5) is 52.5. The molecule has 6 N–H and O–H groups in total. The zero-order chi connectivity index (χ0) is 24.3. The van der Waals surface area contributed by atoms with Crippen LogP contribution in [-0.2, 0) is 16.1 Å². The predicted molar refractivity (Wildman–Crippen MR) is 115 cm³/mol. The summed E-state index contributed by atoms with van der Waals surface area (Å²) in [5.41, 5.74) is -1.78. The summed E-state index contributed by atoms with van der Waals surface area (Å²) < 4.78 is 7.57. The summed E-state index contributed by atoms with van der Waals surface area (Å²) >= 11 is 4.95. The van der Waals surface area contributed by atoms with Gasteiger partial charge in [-0.1, -0.05) is 24.1 Å². The molecule has 1 amide bonds. The summed E-state index contributed by atoms with van der Waals surface area (Å²) in [6.07, 6.45) is -2.91. The number of carbonyl (C=O) groups is 1. The Hall–Kier alpha value is -3.35. The standard InChI is InChI=1S/C19H21N5O8S/c1-9-5-23(18(30)22-16(9)33)7-12(26)20-4-2-3-10-6-24(19(31)21-15(10)29)17-14(28)13(27)11(8-25)32-17/h5-6,11,13-14,17,25,27-28H,4,7-8H2,1H3,(H,20,26)(H,21,29,31)(H,22,30,33)/t11-,13-,14-,17-/m1/s1. The summed E-state index contributed by atoms with van der Waals surface area (Å²) in [5, 5.41) is 31.6. The number of H-pyrrole nitrogens is 2. The Morgan fingerprint density at radius 3 is 2.61 bits per heavy atom. The SMILES string of the molecule is Cc1cn(CC(=O)NCC#Cc2cn([C@@H]3O[C@H](CO)[C@@H](O)[C@H]3O)c(=O)[nH]c2=O)c(=O)[nH]c1=S. The Morgan fingerprint density at radius 2 is 1.94 bits per heavy atom. The van der Waals surface area contributed by atoms with Gasteiger partial charge in [-0.25, -0.2) is 9.59 Å². The van der Waals surface area contributed by atoms with Gasteiger partial charge >= 0.3 is 11.4 Å². The van der Waals surface area contributed by atoms with Crippen molar-refractivity contribution in [1.29, 1.82) is 0 Å². The number of aryl methyl sites for hydroxylation is 1. The number of hydrogen-bond donors (Lipinski definition) is 6. The lowest BCUT2D eigenvalue weighted by atomic mass is 10.1. The Labute approximate surface area is 190 Å². The third-order valence-electron chi connectivity index (χ3n) is 4.86. The highest BCUT2D eigenvalue weighted by Gasteiger charge is 2.43. The van der Waals surface area contributed by atoms with Gasteiger partial charge in [-0.2, -0.15) is 0 Å². The van der Waals surface area contributed by atoms with Crippen LogP contribution in [0, 0.1) is 23.4 Å². The first-order chi connectivity index (χ1) is 15.6. The van der Waals surface area contributed by atoms with Gasteiger partial charge in [0.15, 0.2) is 6.23 Å². The van der Waals surface area contributed by atoms with Gasteiger partial charge < -0.3 is 25.4 Å². The molecule has 3 heterocycles. The van der Waals surface area contributed by atoms with Crippen molar-refractivity contribution in [2.75, 3.05) is 13.2 Å². The van der Waals surface area contributed by atoms with E-state index >= 15 is 0 Å². The lowest BCUT2D eigenvalue weighted by Gasteiger charge is -2.17. The topological polar surface area (TPSA) is 192 Å². The summed E-state index contributed by atoms with van der Waals surface area (Å²) in [6.45, 7) is 0.668. The highest BCUT2D eigenvalue weighted by Crippen LogP contribution is 2.27. The number of ether oxygens (including phenoxy) is 1. The minimum atomic E-state index is -1.52. The van der Waals surface area contributed by atoms with E-state index in [1.165, 1.54) is 6.20 Å². The number of aromatic amines is 2. The smallest absolute Gasteiger partial charge is 0.330 e. The van der Waals surface area contributed by atoms with Gasteiger partial charge in [-0.3, -0.25) is 28.7 Å². The van der Waals surface area contributed by atoms with Crippen LogP contribution >= 0.6 is 12.2 Å². The number of hydrogen-bond acceptors (Lipinski definition) is 9. The number of nitrogens with one attached hydrogen (secondary N) is 3. The van der Waals surface area contributed by atoms with E-state index in [0.717, 1.165) is 15.3 Å². The molecule has 3 rings (SSSR count). The van der Waals surface area contributed by atoms with Crippen molar-refractivity contribution >= 4 is 18.1 Å². The van der Waals surface area contributed by atoms with Crippen LogP contribution in [0.15, 0.2) is 26.8 Å². The van der Waals surface area contributed by atoms with E-state index in [0.29, 0.717) is 5.56 Å². The summed E-state index contributed by atoms with van der Waals surface area (Å²) in [7, 11) is 0. The molecule has 0 aromatic carbocycles. The monoisotopic (exact) mass is 479 g/mol. The van der Waals surface area contributed by atoms with Crippen LogP contribution in [0.1, 0.15) is 17.4 Å². The highest BCUT2D eigenvalue weighted by atomic mass is 32.1. The van der Waals surface area contributed by atoms with Crippen molar-refractivity contribution < 1.29 is 24.9 Å². The second-order valence-corrected chi connectivity index (χ2v) is 7.62. The maximum atomic E-state index is 12.1. The van der Waals surface area contributed by atoms with Crippen molar-refractivity contribution in [1.82, 2.24) is 24.4 Å². The molecular formula is C19H21N5O8S. The van der Waals surface area contributed by atoms with Crippen LogP contribution in [0.3, 0.4) is 0 Å². The quantitative estimate of drug-likeness (QED) is 0.190. The number of aliphatic hydroxyl groups is 3. The molecule has 1 aliphatic heterocycles. The number of aliphatic hydroxyl groups excluding tert-OH is 3. The van der Waals surface area contributed by atoms with Crippen LogP contribution in [-0.4, -0.2) is 71.8 Å². The zero-order valence-electron chi connectivity index (χ0n) is 17.3. The molecule has 33 heavy (non-hydrogen) atoms. The van der Waals surface area contributed by atoms with Crippen LogP contribution in [0.2, 0.25) is 0 Å². The lowest BCUT2D eigenvalue weighted by molar-refractivity contribution is -0.121. The molecule has 0 spiro atoms. The highest BCUT2D eigenvalue weighted by molar-refractivity contribution is 7.71. The van der Waals surface area contributed by atoms with E-state index in [4.69, 9.17) is 17.0 Å². The molecule has 0 bridgehead atoms. The first-order valence-electron chi connectivity index (χ1n) is 9.66. The largest absolute Gasteiger partial charge is 0.394 e. The molecule has 1 saturated heterocycles. The Balaban J connectivity index is 1.70. The predicted octanol–water partition coefficient (Wildman–Crippen LogP) is -3.16. The van der Waals surface area contributed by atoms with Gasteiger partial charge in [-0.15, -0.1) is 0 Å². The minimum absolute atomic E-state index is 0.163. The van der Waals surface area contributed by atoms with Crippen molar-refractivity contribution in [2.45, 2.75) is 38.0 Å². The molecule has 1 fully saturated rings. The van der Waals surface area contributed by atoms with E-state index in [1.807, 2.05) is 4.98 Å². The maximum absolute atomic E-state index is 12.1. The number of rotatable bonds is 5. The first-order valence-corrected chi connectivity index (χ1v) is 10.1. The third-order valence-corrected chi connectivity index (χ3v) is 5.28. The van der Waals surface area contributed by atoms with E-state index in [1.54, 1.807) is 6.92 Å². The molecule has 0 radical (unpaired) electrons. The summed E-state index contributed by atoms with van der Waals surface area (Å²) in [6, 6.07) is 0. The van der Waals surface area contributed by atoms with E-state index in [2.05, 4.69) is 22.1 Å². The second-order valence-electron chi connectivity index (χ2n) is 7.22. The lowest BCUT2D eigenvalue weighted by Crippen LogP contribution is -2.38. The molecule has 0 aliphatic carbocycles. The molecule has 1 aliphatic rings. The molecule has 0 unspecified atom stereocenters. The van der Waals surface area contributed by atoms with Crippen LogP contribution in [0.5, 0.6) is 0 Å². The number of nitrogens with zero attached hydrogens (tertiary/aromatic N) is 2. The number of amides is 1. The molecule has 4 atom stereocenters. The molecular weight excluding hydrogens is 458 g/mol. The Morgan fingerprint density at radius 1 is 1.21 bits per heavy atom. The second kappa shape index (κ2) is 10.1. The zero-order valence-corrected chi connectivity index (χ0v) is 18.1. The van der Waals surface area contributed by atoms with Gasteiger partial charge in [0.1, 0.15) is 35.1 Å². The minimum Gasteiger partial charge on any atom is -0.394 e. The van der Waals surface area contributed by atoms with E-state index in [-0.39, 0.29) is 23.3 Å². The number of aromatic nitrogens is 4. The summed E-state index contributed by atoms with van der Waals surface area (Å²) in [5.74, 6) is 4.53. The molecule has 13 nitrogen and oxygen atoms in total. The van der Waals surface area contributed by atoms with E-state index in [9.17, 15) is 34.5 Å². The van der Waals surface area contributed by atoms with Crippen molar-refractivity contribution in [2.24, 2.45) is 0 Å². The Kier molecular flexibility index (Phi) is 7.41.